The molecule has 2 atom stereocenters. The summed E-state index contributed by atoms with van der Waals surface area (Å²) < 4.78 is 10.2. The molecule has 0 aromatic carbocycles. The molecule has 1 aliphatic rings. The summed E-state index contributed by atoms with van der Waals surface area (Å²) >= 11 is 0. The highest BCUT2D eigenvalue weighted by Gasteiger charge is 2.31. The third-order valence-electron chi connectivity index (χ3n) is 3.31. The molecule has 0 bridgehead atoms. The summed E-state index contributed by atoms with van der Waals surface area (Å²) in [5, 5.41) is 9.55. The molecule has 1 amide bonds. The zero-order valence-electron chi connectivity index (χ0n) is 12.3. The van der Waals surface area contributed by atoms with Crippen molar-refractivity contribution in [1.29, 1.82) is 0 Å². The second-order valence-corrected chi connectivity index (χ2v) is 6.01. The predicted octanol–water partition coefficient (Wildman–Crippen LogP) is 0.926. The molecule has 1 heterocycles. The van der Waals surface area contributed by atoms with Crippen LogP contribution in [-0.4, -0.2) is 54.2 Å². The minimum absolute atomic E-state index is 0.161. The van der Waals surface area contributed by atoms with E-state index in [0.29, 0.717) is 13.1 Å². The van der Waals surface area contributed by atoms with Crippen LogP contribution < -0.4 is 5.73 Å². The van der Waals surface area contributed by atoms with Crippen molar-refractivity contribution >= 4 is 6.09 Å². The van der Waals surface area contributed by atoms with E-state index in [1.807, 2.05) is 20.8 Å². The van der Waals surface area contributed by atoms with Crippen LogP contribution in [0.5, 0.6) is 0 Å². The first-order valence-electron chi connectivity index (χ1n) is 6.69. The van der Waals surface area contributed by atoms with Crippen LogP contribution in [0.25, 0.3) is 0 Å². The van der Waals surface area contributed by atoms with E-state index in [9.17, 15) is 9.90 Å². The van der Waals surface area contributed by atoms with Gasteiger partial charge < -0.3 is 25.2 Å². The Morgan fingerprint density at radius 1 is 1.37 bits per heavy atom. The molecule has 6 heteroatoms. The summed E-state index contributed by atoms with van der Waals surface area (Å²) in [7, 11) is 1.43. The Labute approximate surface area is 114 Å². The first-order chi connectivity index (χ1) is 8.74. The van der Waals surface area contributed by atoms with Gasteiger partial charge in [0.1, 0.15) is 5.60 Å². The molecule has 1 fully saturated rings. The smallest absolute Gasteiger partial charge is 0.410 e. The molecule has 1 saturated heterocycles. The van der Waals surface area contributed by atoms with Gasteiger partial charge in [-0.2, -0.15) is 0 Å². The SMILES string of the molecule is COC(O)C(N)C1CCN(C(=O)OC(C)(C)C)CC1. The van der Waals surface area contributed by atoms with Gasteiger partial charge in [-0.25, -0.2) is 4.79 Å². The molecule has 112 valence electrons. The molecule has 1 aliphatic heterocycles. The zero-order chi connectivity index (χ0) is 14.6. The summed E-state index contributed by atoms with van der Waals surface area (Å²) in [5.74, 6) is 0.161. The number of hydrogen-bond acceptors (Lipinski definition) is 5. The van der Waals surface area contributed by atoms with E-state index in [0.717, 1.165) is 12.8 Å². The van der Waals surface area contributed by atoms with E-state index in [1.54, 1.807) is 4.90 Å². The molecule has 3 N–H and O–H groups in total. The monoisotopic (exact) mass is 274 g/mol. The number of piperidine rings is 1. The third-order valence-corrected chi connectivity index (χ3v) is 3.31. The highest BCUT2D eigenvalue weighted by molar-refractivity contribution is 5.68. The molecular formula is C13H26N2O4. The Hall–Kier alpha value is -0.850. The standard InChI is InChI=1S/C13H26N2O4/c1-13(2,3)19-12(17)15-7-5-9(6-8-15)10(14)11(16)18-4/h9-11,16H,5-8,14H2,1-4H3. The van der Waals surface area contributed by atoms with Crippen molar-refractivity contribution < 1.29 is 19.4 Å². The quantitative estimate of drug-likeness (QED) is 0.748. The van der Waals surface area contributed by atoms with Gasteiger partial charge in [0.15, 0.2) is 6.29 Å². The van der Waals surface area contributed by atoms with Crippen molar-refractivity contribution in [3.8, 4) is 0 Å². The number of methoxy groups -OCH3 is 1. The first-order valence-corrected chi connectivity index (χ1v) is 6.69. The number of aliphatic hydroxyl groups excluding tert-OH is 1. The van der Waals surface area contributed by atoms with Gasteiger partial charge in [0.2, 0.25) is 0 Å². The summed E-state index contributed by atoms with van der Waals surface area (Å²) in [4.78, 5) is 13.6. The van der Waals surface area contributed by atoms with Gasteiger partial charge in [0, 0.05) is 20.2 Å². The van der Waals surface area contributed by atoms with Gasteiger partial charge in [-0.15, -0.1) is 0 Å². The second kappa shape index (κ2) is 6.54. The molecule has 0 spiro atoms. The maximum Gasteiger partial charge on any atom is 0.410 e. The lowest BCUT2D eigenvalue weighted by atomic mass is 9.89. The molecule has 1 rings (SSSR count). The number of nitrogens with two attached hydrogens (primary N) is 1. The molecular weight excluding hydrogens is 248 g/mol. The van der Waals surface area contributed by atoms with E-state index in [-0.39, 0.29) is 12.0 Å². The van der Waals surface area contributed by atoms with E-state index in [1.165, 1.54) is 7.11 Å². The topological polar surface area (TPSA) is 85.0 Å². The number of aliphatic hydroxyl groups is 1. The normalized spacial score (nSPS) is 21.1. The number of ether oxygens (including phenoxy) is 2. The average molecular weight is 274 g/mol. The molecule has 0 saturated carbocycles. The number of likely N-dealkylation sites (tertiary alicyclic amines) is 1. The predicted molar refractivity (Wildman–Crippen MR) is 71.5 cm³/mol. The van der Waals surface area contributed by atoms with E-state index >= 15 is 0 Å². The Kier molecular flexibility index (Phi) is 5.58. The summed E-state index contributed by atoms with van der Waals surface area (Å²) in [6.07, 6.45) is 0.270. The van der Waals surface area contributed by atoms with E-state index in [4.69, 9.17) is 15.2 Å². The molecule has 0 aromatic rings. The van der Waals surface area contributed by atoms with Gasteiger partial charge in [0.25, 0.3) is 0 Å². The Balaban J connectivity index is 2.42. The lowest BCUT2D eigenvalue weighted by Crippen LogP contribution is -2.49. The number of rotatable bonds is 3. The molecule has 0 aliphatic carbocycles. The van der Waals surface area contributed by atoms with Crippen molar-refractivity contribution in [3.05, 3.63) is 0 Å². The lowest BCUT2D eigenvalue weighted by molar-refractivity contribution is -0.104. The van der Waals surface area contributed by atoms with Gasteiger partial charge in [-0.05, 0) is 39.5 Å². The van der Waals surface area contributed by atoms with Crippen LogP contribution in [0.15, 0.2) is 0 Å². The minimum atomic E-state index is -0.946. The number of hydrogen-bond donors (Lipinski definition) is 2. The van der Waals surface area contributed by atoms with Crippen molar-refractivity contribution in [1.82, 2.24) is 4.90 Å². The number of carbonyl (C=O) groups excluding carboxylic acids is 1. The number of amides is 1. The van der Waals surface area contributed by atoms with Crippen molar-refractivity contribution in [2.24, 2.45) is 11.7 Å². The van der Waals surface area contributed by atoms with E-state index < -0.39 is 17.9 Å². The van der Waals surface area contributed by atoms with Crippen LogP contribution >= 0.6 is 0 Å². The minimum Gasteiger partial charge on any atom is -0.444 e. The van der Waals surface area contributed by atoms with Crippen LogP contribution in [0, 0.1) is 5.92 Å². The molecule has 19 heavy (non-hydrogen) atoms. The summed E-state index contributed by atoms with van der Waals surface area (Å²) in [5.41, 5.74) is 5.44. The Morgan fingerprint density at radius 3 is 2.32 bits per heavy atom. The maximum absolute atomic E-state index is 11.9. The lowest BCUT2D eigenvalue weighted by Gasteiger charge is -2.36. The van der Waals surface area contributed by atoms with Crippen molar-refractivity contribution in [2.75, 3.05) is 20.2 Å². The van der Waals surface area contributed by atoms with Crippen LogP contribution in [-0.2, 0) is 9.47 Å². The highest BCUT2D eigenvalue weighted by Crippen LogP contribution is 2.23. The van der Waals surface area contributed by atoms with Crippen LogP contribution in [0.4, 0.5) is 4.79 Å². The van der Waals surface area contributed by atoms with Crippen molar-refractivity contribution in [3.63, 3.8) is 0 Å². The fraction of sp³-hybridized carbons (Fsp3) is 0.923. The molecule has 0 aromatic heterocycles. The number of carbonyl (C=O) groups is 1. The highest BCUT2D eigenvalue weighted by atomic mass is 16.6. The summed E-state index contributed by atoms with van der Waals surface area (Å²) in [6, 6.07) is -0.411. The average Bonchev–Trinajstić information content (AvgIpc) is 2.35. The second-order valence-electron chi connectivity index (χ2n) is 6.01. The molecule has 0 radical (unpaired) electrons. The first kappa shape index (κ1) is 16.2. The van der Waals surface area contributed by atoms with Crippen LogP contribution in [0.3, 0.4) is 0 Å². The number of nitrogens with zero attached hydrogens (tertiary/aromatic N) is 1. The molecule has 6 nitrogen and oxygen atoms in total. The van der Waals surface area contributed by atoms with Gasteiger partial charge in [-0.1, -0.05) is 0 Å². The Morgan fingerprint density at radius 2 is 1.89 bits per heavy atom. The Bertz CT molecular complexity index is 296. The fourth-order valence-electron chi connectivity index (χ4n) is 2.18. The molecule has 2 unspecified atom stereocenters. The van der Waals surface area contributed by atoms with Gasteiger partial charge >= 0.3 is 6.09 Å². The van der Waals surface area contributed by atoms with E-state index in [2.05, 4.69) is 0 Å². The third kappa shape index (κ3) is 4.97. The van der Waals surface area contributed by atoms with Crippen molar-refractivity contribution in [2.45, 2.75) is 51.5 Å². The largest absolute Gasteiger partial charge is 0.444 e. The fourth-order valence-corrected chi connectivity index (χ4v) is 2.18. The maximum atomic E-state index is 11.9. The zero-order valence-corrected chi connectivity index (χ0v) is 12.3. The van der Waals surface area contributed by atoms with Crippen LogP contribution in [0.2, 0.25) is 0 Å². The van der Waals surface area contributed by atoms with Crippen LogP contribution in [0.1, 0.15) is 33.6 Å². The summed E-state index contributed by atoms with van der Waals surface area (Å²) in [6.45, 7) is 6.75. The van der Waals surface area contributed by atoms with Gasteiger partial charge in [-0.3, -0.25) is 0 Å². The van der Waals surface area contributed by atoms with Gasteiger partial charge in [0.05, 0.1) is 6.04 Å².